The van der Waals surface area contributed by atoms with Crippen molar-refractivity contribution in [3.63, 3.8) is 0 Å². The van der Waals surface area contributed by atoms with Gasteiger partial charge in [-0.2, -0.15) is 0 Å². The molecule has 1 aromatic heterocycles. The lowest BCUT2D eigenvalue weighted by atomic mass is 10.2. The summed E-state index contributed by atoms with van der Waals surface area (Å²) in [7, 11) is -3.99. The van der Waals surface area contributed by atoms with Crippen LogP contribution in [0.15, 0.2) is 57.9 Å². The standard InChI is InChI=1S/C16H14N2O6S/c1-25(21,22)18(20)13-8-14-11(16(19)12(17)9-23-14)7-15(13)24-10-5-3-2-4-6-10/h2-9,20H,17H2,1H3. The molecule has 0 radical (unpaired) electrons. The van der Waals surface area contributed by atoms with E-state index in [2.05, 4.69) is 0 Å². The molecule has 3 aromatic rings. The van der Waals surface area contributed by atoms with Crippen molar-refractivity contribution >= 4 is 32.4 Å². The number of rotatable bonds is 4. The van der Waals surface area contributed by atoms with Gasteiger partial charge < -0.3 is 14.9 Å². The molecule has 0 saturated heterocycles. The predicted molar refractivity (Wildman–Crippen MR) is 92.5 cm³/mol. The molecule has 0 aliphatic carbocycles. The Balaban J connectivity index is 2.26. The third-order valence-corrected chi connectivity index (χ3v) is 4.20. The summed E-state index contributed by atoms with van der Waals surface area (Å²) in [5.74, 6) is 0.336. The minimum Gasteiger partial charge on any atom is -0.462 e. The van der Waals surface area contributed by atoms with Gasteiger partial charge in [-0.3, -0.25) is 10.0 Å². The van der Waals surface area contributed by atoms with Gasteiger partial charge in [-0.1, -0.05) is 18.2 Å². The zero-order valence-corrected chi connectivity index (χ0v) is 13.9. The molecular weight excluding hydrogens is 348 g/mol. The molecule has 0 aliphatic rings. The van der Waals surface area contributed by atoms with Gasteiger partial charge >= 0.3 is 0 Å². The van der Waals surface area contributed by atoms with Gasteiger partial charge in [0.1, 0.15) is 29.0 Å². The van der Waals surface area contributed by atoms with E-state index in [1.54, 1.807) is 30.3 Å². The van der Waals surface area contributed by atoms with Crippen LogP contribution in [0.5, 0.6) is 11.5 Å². The van der Waals surface area contributed by atoms with Gasteiger partial charge in [-0.05, 0) is 18.2 Å². The third-order valence-electron chi connectivity index (χ3n) is 3.37. The third kappa shape index (κ3) is 3.28. The van der Waals surface area contributed by atoms with Gasteiger partial charge in [0.25, 0.3) is 10.0 Å². The van der Waals surface area contributed by atoms with Gasteiger partial charge in [-0.25, -0.2) is 8.42 Å². The van der Waals surface area contributed by atoms with Crippen LogP contribution < -0.4 is 20.4 Å². The Labute approximate surface area is 142 Å². The van der Waals surface area contributed by atoms with Crippen molar-refractivity contribution in [1.29, 1.82) is 0 Å². The van der Waals surface area contributed by atoms with Gasteiger partial charge in [0.2, 0.25) is 5.43 Å². The van der Waals surface area contributed by atoms with Crippen molar-refractivity contribution in [2.24, 2.45) is 0 Å². The molecule has 0 aliphatic heterocycles. The lowest BCUT2D eigenvalue weighted by Crippen LogP contribution is -2.26. The summed E-state index contributed by atoms with van der Waals surface area (Å²) >= 11 is 0. The second-order valence-corrected chi connectivity index (χ2v) is 7.07. The minimum atomic E-state index is -3.99. The highest BCUT2D eigenvalue weighted by Crippen LogP contribution is 2.36. The first-order chi connectivity index (χ1) is 11.8. The first kappa shape index (κ1) is 16.8. The lowest BCUT2D eigenvalue weighted by Gasteiger charge is -2.18. The Kier molecular flexibility index (Phi) is 4.11. The number of nitrogens with two attached hydrogens (primary N) is 1. The molecule has 2 aromatic carbocycles. The molecule has 0 bridgehead atoms. The largest absolute Gasteiger partial charge is 0.462 e. The number of nitrogens with zero attached hydrogens (tertiary/aromatic N) is 1. The fourth-order valence-electron chi connectivity index (χ4n) is 2.19. The maximum Gasteiger partial charge on any atom is 0.254 e. The second-order valence-electron chi connectivity index (χ2n) is 5.26. The van der Waals surface area contributed by atoms with Crippen LogP contribution in [0.3, 0.4) is 0 Å². The average Bonchev–Trinajstić information content (AvgIpc) is 2.58. The Morgan fingerprint density at radius 2 is 1.88 bits per heavy atom. The first-order valence-electron chi connectivity index (χ1n) is 7.04. The molecule has 0 amide bonds. The maximum absolute atomic E-state index is 12.2. The van der Waals surface area contributed by atoms with E-state index in [1.165, 1.54) is 12.1 Å². The minimum absolute atomic E-state index is 0.0514. The average molecular weight is 362 g/mol. The number of fused-ring (bicyclic) bond motifs is 1. The van der Waals surface area contributed by atoms with E-state index in [0.29, 0.717) is 5.75 Å². The molecule has 0 fully saturated rings. The normalized spacial score (nSPS) is 11.4. The van der Waals surface area contributed by atoms with Gasteiger partial charge in [0.15, 0.2) is 5.75 Å². The topological polar surface area (TPSA) is 123 Å². The van der Waals surface area contributed by atoms with Crippen LogP contribution in [0.25, 0.3) is 11.0 Å². The molecular formula is C16H14N2O6S. The van der Waals surface area contributed by atoms with E-state index < -0.39 is 15.5 Å². The zero-order chi connectivity index (χ0) is 18.2. The number of para-hydroxylation sites is 1. The van der Waals surface area contributed by atoms with Crippen molar-refractivity contribution in [2.75, 3.05) is 16.5 Å². The lowest BCUT2D eigenvalue weighted by molar-refractivity contribution is 0.313. The predicted octanol–water partition coefficient (Wildman–Crippen LogP) is 2.32. The Morgan fingerprint density at radius 3 is 2.52 bits per heavy atom. The van der Waals surface area contributed by atoms with Crippen LogP contribution in [-0.4, -0.2) is 19.9 Å². The maximum atomic E-state index is 12.2. The number of ether oxygens (including phenoxy) is 1. The number of anilines is 2. The monoisotopic (exact) mass is 362 g/mol. The fourth-order valence-corrected chi connectivity index (χ4v) is 2.69. The van der Waals surface area contributed by atoms with Crippen molar-refractivity contribution in [3.05, 3.63) is 59.0 Å². The molecule has 3 N–H and O–H groups in total. The SMILES string of the molecule is CS(=O)(=O)N(O)c1cc2occ(N)c(=O)c2cc1Oc1ccccc1. The molecule has 9 heteroatoms. The number of hydrogen-bond donors (Lipinski definition) is 2. The van der Waals surface area contributed by atoms with Gasteiger partial charge in [0, 0.05) is 6.07 Å². The van der Waals surface area contributed by atoms with E-state index in [9.17, 15) is 18.4 Å². The van der Waals surface area contributed by atoms with Crippen molar-refractivity contribution in [1.82, 2.24) is 0 Å². The summed E-state index contributed by atoms with van der Waals surface area (Å²) in [5.41, 5.74) is 4.81. The Morgan fingerprint density at radius 1 is 1.20 bits per heavy atom. The van der Waals surface area contributed by atoms with Crippen LogP contribution in [-0.2, 0) is 10.0 Å². The van der Waals surface area contributed by atoms with E-state index in [1.807, 2.05) is 0 Å². The summed E-state index contributed by atoms with van der Waals surface area (Å²) < 4.78 is 34.3. The Hall–Kier alpha value is -3.04. The van der Waals surface area contributed by atoms with E-state index in [-0.39, 0.29) is 32.6 Å². The van der Waals surface area contributed by atoms with Crippen molar-refractivity contribution in [3.8, 4) is 11.5 Å². The highest BCUT2D eigenvalue weighted by molar-refractivity contribution is 7.91. The number of benzene rings is 2. The number of sulfonamides is 1. The summed E-state index contributed by atoms with van der Waals surface area (Å²) in [6.07, 6.45) is 1.87. The molecule has 0 spiro atoms. The highest BCUT2D eigenvalue weighted by atomic mass is 32.2. The number of nitrogen functional groups attached to an aromatic ring is 1. The summed E-state index contributed by atoms with van der Waals surface area (Å²) in [5, 5.41) is 10.1. The van der Waals surface area contributed by atoms with Gasteiger partial charge in [0.05, 0.1) is 11.6 Å². The fraction of sp³-hybridized carbons (Fsp3) is 0.0625. The van der Waals surface area contributed by atoms with Crippen LogP contribution in [0.4, 0.5) is 11.4 Å². The smallest absolute Gasteiger partial charge is 0.254 e. The molecule has 0 unspecified atom stereocenters. The summed E-state index contributed by atoms with van der Waals surface area (Å²) in [6.45, 7) is 0. The summed E-state index contributed by atoms with van der Waals surface area (Å²) in [4.78, 5) is 12.2. The zero-order valence-electron chi connectivity index (χ0n) is 13.0. The van der Waals surface area contributed by atoms with Crippen LogP contribution >= 0.6 is 0 Å². The van der Waals surface area contributed by atoms with Crippen LogP contribution in [0.2, 0.25) is 0 Å². The van der Waals surface area contributed by atoms with E-state index >= 15 is 0 Å². The summed E-state index contributed by atoms with van der Waals surface area (Å²) in [6, 6.07) is 10.9. The number of hydrogen-bond acceptors (Lipinski definition) is 7. The Bertz CT molecular complexity index is 1090. The van der Waals surface area contributed by atoms with E-state index in [4.69, 9.17) is 14.9 Å². The molecule has 0 atom stereocenters. The molecule has 25 heavy (non-hydrogen) atoms. The second kappa shape index (κ2) is 6.11. The molecule has 3 rings (SSSR count). The van der Waals surface area contributed by atoms with Crippen LogP contribution in [0.1, 0.15) is 0 Å². The van der Waals surface area contributed by atoms with Crippen LogP contribution in [0, 0.1) is 0 Å². The molecule has 0 saturated carbocycles. The molecule has 130 valence electrons. The quantitative estimate of drug-likeness (QED) is 0.683. The van der Waals surface area contributed by atoms with Crippen molar-refractivity contribution in [2.45, 2.75) is 0 Å². The van der Waals surface area contributed by atoms with Crippen molar-refractivity contribution < 1.29 is 22.8 Å². The first-order valence-corrected chi connectivity index (χ1v) is 8.89. The highest BCUT2D eigenvalue weighted by Gasteiger charge is 2.22. The molecule has 8 nitrogen and oxygen atoms in total. The van der Waals surface area contributed by atoms with Gasteiger partial charge in [-0.15, -0.1) is 4.47 Å². The molecule has 1 heterocycles. The van der Waals surface area contributed by atoms with E-state index in [0.717, 1.165) is 12.5 Å².